The van der Waals surface area contributed by atoms with Crippen LogP contribution in [0.5, 0.6) is 0 Å². The number of aromatic nitrogens is 2. The largest absolute Gasteiger partial charge is 0.464 e. The first-order valence-corrected chi connectivity index (χ1v) is 14.5. The molecule has 3 heterocycles. The summed E-state index contributed by atoms with van der Waals surface area (Å²) in [4.78, 5) is 45.2. The van der Waals surface area contributed by atoms with Crippen molar-refractivity contribution in [1.82, 2.24) is 19.6 Å². The molecule has 1 fully saturated rings. The lowest BCUT2D eigenvalue weighted by atomic mass is 10.1. The van der Waals surface area contributed by atoms with E-state index in [1.165, 1.54) is 11.9 Å². The smallest absolute Gasteiger partial charge is 0.325 e. The van der Waals surface area contributed by atoms with Gasteiger partial charge < -0.3 is 24.6 Å². The summed E-state index contributed by atoms with van der Waals surface area (Å²) in [6.45, 7) is 2.55. The predicted octanol–water partition coefficient (Wildman–Crippen LogP) is 2.98. The van der Waals surface area contributed by atoms with Crippen molar-refractivity contribution in [2.45, 2.75) is 43.2 Å². The average molecular weight is 592 g/mol. The number of rotatable bonds is 12. The maximum Gasteiger partial charge on any atom is 0.325 e. The molecule has 0 radical (unpaired) electrons. The first-order valence-electron chi connectivity index (χ1n) is 12.5. The van der Waals surface area contributed by atoms with Crippen LogP contribution in [0.25, 0.3) is 0 Å². The van der Waals surface area contributed by atoms with Gasteiger partial charge in [-0.05, 0) is 48.2 Å². The third-order valence-corrected chi connectivity index (χ3v) is 8.51. The number of hydrogen-bond donors (Lipinski definition) is 3. The van der Waals surface area contributed by atoms with Crippen LogP contribution in [-0.2, 0) is 34.2 Å². The minimum Gasteiger partial charge on any atom is -0.464 e. The number of halogens is 1. The van der Waals surface area contributed by atoms with E-state index in [1.54, 1.807) is 23.2 Å². The van der Waals surface area contributed by atoms with E-state index in [0.29, 0.717) is 35.0 Å². The van der Waals surface area contributed by atoms with E-state index >= 15 is 0 Å². The van der Waals surface area contributed by atoms with Gasteiger partial charge in [-0.2, -0.15) is 0 Å². The van der Waals surface area contributed by atoms with Crippen molar-refractivity contribution in [2.24, 2.45) is 7.05 Å². The van der Waals surface area contributed by atoms with Gasteiger partial charge >= 0.3 is 5.97 Å². The molecule has 0 bridgehead atoms. The minimum absolute atomic E-state index is 0.0134. The molecule has 3 aromatic rings. The highest BCUT2D eigenvalue weighted by Gasteiger charge is 2.32. The number of imidazole rings is 1. The summed E-state index contributed by atoms with van der Waals surface area (Å²) in [5, 5.41) is 12.7. The number of aliphatic hydroxyl groups is 1. The minimum atomic E-state index is -0.990. The second-order valence-corrected chi connectivity index (χ2v) is 11.5. The molecular weight excluding hydrogens is 562 g/mol. The summed E-state index contributed by atoms with van der Waals surface area (Å²) in [7, 11) is 1.87. The van der Waals surface area contributed by atoms with Gasteiger partial charge in [0.2, 0.25) is 0 Å². The number of amides is 2. The van der Waals surface area contributed by atoms with Gasteiger partial charge in [-0.3, -0.25) is 14.4 Å². The van der Waals surface area contributed by atoms with Crippen LogP contribution < -0.4 is 14.9 Å². The van der Waals surface area contributed by atoms with E-state index in [9.17, 15) is 19.5 Å². The lowest BCUT2D eigenvalue weighted by Crippen LogP contribution is -2.44. The first kappa shape index (κ1) is 29.1. The molecule has 0 saturated carbocycles. The van der Waals surface area contributed by atoms with Crippen molar-refractivity contribution >= 4 is 58.4 Å². The number of carbonyl (C=O) groups excluding carboxylic acids is 3. The third-order valence-electron chi connectivity index (χ3n) is 6.28. The first-order chi connectivity index (χ1) is 18.8. The topological polar surface area (TPSA) is 126 Å². The Morgan fingerprint density at radius 1 is 1.33 bits per heavy atom. The van der Waals surface area contributed by atoms with Crippen molar-refractivity contribution in [2.75, 3.05) is 24.6 Å². The zero-order valence-electron chi connectivity index (χ0n) is 21.6. The monoisotopic (exact) mass is 591 g/mol. The summed E-state index contributed by atoms with van der Waals surface area (Å²) >= 11 is 8.34. The molecule has 39 heavy (non-hydrogen) atoms. The highest BCUT2D eigenvalue weighted by atomic mass is 35.5. The van der Waals surface area contributed by atoms with Gasteiger partial charge in [-0.1, -0.05) is 24.6 Å². The Morgan fingerprint density at radius 3 is 2.79 bits per heavy atom. The standard InChI is InChI=1S/C26H30ClN5O5S2/c1-3-16-18(32-12-9-19(33)25(32)35)5-4-6-20(16)39-30-17(15-29-24(34)21-7-8-22(27)38-21)26(36)37-14-10-23-28-11-13-31(23)2/h4-8,11,13,17,19,30,33H,3,9-10,12,14-15H2,1-2H3,(H,29,34)/t17-,19?/m0/s1. The number of thiophene rings is 1. The third kappa shape index (κ3) is 7.20. The summed E-state index contributed by atoms with van der Waals surface area (Å²) < 4.78 is 11.0. The van der Waals surface area contributed by atoms with E-state index < -0.39 is 18.1 Å². The van der Waals surface area contributed by atoms with Crippen LogP contribution in [0, 0.1) is 0 Å². The molecule has 4 rings (SSSR count). The lowest BCUT2D eigenvalue weighted by Gasteiger charge is -2.23. The Hall–Kier alpha value is -2.90. The van der Waals surface area contributed by atoms with Crippen LogP contribution >= 0.6 is 34.9 Å². The van der Waals surface area contributed by atoms with E-state index in [-0.39, 0.29) is 25.0 Å². The fraction of sp³-hybridized carbons (Fsp3) is 0.385. The Labute approximate surface area is 239 Å². The van der Waals surface area contributed by atoms with E-state index in [2.05, 4.69) is 15.0 Å². The van der Waals surface area contributed by atoms with Gasteiger partial charge in [0, 0.05) is 56.0 Å². The highest BCUT2D eigenvalue weighted by molar-refractivity contribution is 7.97. The SMILES string of the molecule is CCc1c(SN[C@@H](CNC(=O)c2ccc(Cl)s2)C(=O)OCCc2nccn2C)cccc1N1CCC(O)C1=O. The number of aliphatic hydroxyl groups excluding tert-OH is 1. The number of anilines is 1. The van der Waals surface area contributed by atoms with Crippen LogP contribution in [-0.4, -0.2) is 64.3 Å². The molecular formula is C26H30ClN5O5S2. The Kier molecular flexibility index (Phi) is 10.0. The molecule has 2 amide bonds. The predicted molar refractivity (Wildman–Crippen MR) is 151 cm³/mol. The van der Waals surface area contributed by atoms with Crippen LogP contribution in [0.4, 0.5) is 5.69 Å². The maximum atomic E-state index is 13.1. The van der Waals surface area contributed by atoms with E-state index in [1.807, 2.05) is 42.9 Å². The van der Waals surface area contributed by atoms with Crippen molar-refractivity contribution in [3.05, 3.63) is 63.3 Å². The van der Waals surface area contributed by atoms with Crippen LogP contribution in [0.1, 0.15) is 34.4 Å². The number of nitrogens with one attached hydrogen (secondary N) is 2. The van der Waals surface area contributed by atoms with Crippen LogP contribution in [0.3, 0.4) is 0 Å². The summed E-state index contributed by atoms with van der Waals surface area (Å²) in [6.07, 6.45) is 3.98. The van der Waals surface area contributed by atoms with Crippen molar-refractivity contribution < 1.29 is 24.2 Å². The summed E-state index contributed by atoms with van der Waals surface area (Å²) in [5.41, 5.74) is 1.65. The van der Waals surface area contributed by atoms with Gasteiger partial charge in [0.1, 0.15) is 18.0 Å². The molecule has 2 aromatic heterocycles. The number of carbonyl (C=O) groups is 3. The maximum absolute atomic E-state index is 13.1. The molecule has 13 heteroatoms. The van der Waals surface area contributed by atoms with Gasteiger partial charge in [0.15, 0.2) is 0 Å². The van der Waals surface area contributed by atoms with Gasteiger partial charge in [0.25, 0.3) is 11.8 Å². The van der Waals surface area contributed by atoms with Crippen molar-refractivity contribution in [1.29, 1.82) is 0 Å². The normalized spacial score (nSPS) is 15.9. The zero-order chi connectivity index (χ0) is 27.9. The zero-order valence-corrected chi connectivity index (χ0v) is 23.9. The number of nitrogens with zero attached hydrogens (tertiary/aromatic N) is 3. The van der Waals surface area contributed by atoms with E-state index in [4.69, 9.17) is 16.3 Å². The number of benzene rings is 1. The van der Waals surface area contributed by atoms with Gasteiger partial charge in [0.05, 0.1) is 15.8 Å². The van der Waals surface area contributed by atoms with Crippen molar-refractivity contribution in [3.8, 4) is 0 Å². The van der Waals surface area contributed by atoms with E-state index in [0.717, 1.165) is 33.3 Å². The molecule has 1 unspecified atom stereocenters. The number of aryl methyl sites for hydroxylation is 1. The average Bonchev–Trinajstić information content (AvgIpc) is 3.64. The second kappa shape index (κ2) is 13.4. The molecule has 208 valence electrons. The molecule has 1 aliphatic rings. The number of ether oxygens (including phenoxy) is 1. The van der Waals surface area contributed by atoms with Crippen molar-refractivity contribution in [3.63, 3.8) is 0 Å². The number of hydrogen-bond acceptors (Lipinski definition) is 9. The Bertz CT molecular complexity index is 1330. The molecule has 0 aliphatic carbocycles. The van der Waals surface area contributed by atoms with Crippen LogP contribution in [0.2, 0.25) is 4.34 Å². The summed E-state index contributed by atoms with van der Waals surface area (Å²) in [6, 6.07) is 7.99. The number of esters is 1. The Balaban J connectivity index is 1.45. The Morgan fingerprint density at radius 2 is 2.15 bits per heavy atom. The quantitative estimate of drug-likeness (QED) is 0.217. The molecule has 3 N–H and O–H groups in total. The summed E-state index contributed by atoms with van der Waals surface area (Å²) in [5.74, 6) is -0.388. The second-order valence-electron chi connectivity index (χ2n) is 8.86. The van der Waals surface area contributed by atoms with Gasteiger partial charge in [-0.15, -0.1) is 11.3 Å². The fourth-order valence-corrected chi connectivity index (χ4v) is 6.10. The molecule has 0 spiro atoms. The lowest BCUT2D eigenvalue weighted by molar-refractivity contribution is -0.145. The molecule has 1 saturated heterocycles. The van der Waals surface area contributed by atoms with Crippen LogP contribution in [0.15, 0.2) is 47.6 Å². The molecule has 1 aromatic carbocycles. The molecule has 1 aliphatic heterocycles. The highest BCUT2D eigenvalue weighted by Crippen LogP contribution is 2.33. The molecule has 10 nitrogen and oxygen atoms in total. The van der Waals surface area contributed by atoms with Gasteiger partial charge in [-0.25, -0.2) is 9.71 Å². The molecule has 2 atom stereocenters. The fourth-order valence-electron chi connectivity index (χ4n) is 4.17.